The fourth-order valence-corrected chi connectivity index (χ4v) is 5.04. The number of hydrogen-bond donors (Lipinski definition) is 0. The van der Waals surface area contributed by atoms with Gasteiger partial charge in [0.2, 0.25) is 0 Å². The van der Waals surface area contributed by atoms with E-state index in [1.165, 1.54) is 22.8 Å². The third-order valence-electron chi connectivity index (χ3n) is 5.08. The lowest BCUT2D eigenvalue weighted by molar-refractivity contribution is -0.402. The highest BCUT2D eigenvalue weighted by Gasteiger charge is 2.33. The summed E-state index contributed by atoms with van der Waals surface area (Å²) in [5.41, 5.74) is 1.11. The fraction of sp³-hybridized carbons (Fsp3) is 0.261. The first-order valence-electron chi connectivity index (χ1n) is 10.3. The van der Waals surface area contributed by atoms with Crippen molar-refractivity contribution in [3.05, 3.63) is 88.8 Å². The number of esters is 1. The van der Waals surface area contributed by atoms with Crippen LogP contribution in [-0.2, 0) is 9.53 Å². The van der Waals surface area contributed by atoms with Crippen LogP contribution in [0.5, 0.6) is 0 Å². The van der Waals surface area contributed by atoms with Crippen LogP contribution >= 0.6 is 23.1 Å². The number of nitro groups is 1. The van der Waals surface area contributed by atoms with Gasteiger partial charge < -0.3 is 9.15 Å². The number of hydrogen-bond acceptors (Lipinski definition) is 9. The van der Waals surface area contributed by atoms with Crippen molar-refractivity contribution in [2.45, 2.75) is 37.8 Å². The van der Waals surface area contributed by atoms with Crippen LogP contribution < -0.4 is 14.9 Å². The van der Waals surface area contributed by atoms with E-state index in [1.807, 2.05) is 30.5 Å². The fourth-order valence-electron chi connectivity index (χ4n) is 3.61. The van der Waals surface area contributed by atoms with E-state index in [0.29, 0.717) is 10.5 Å². The van der Waals surface area contributed by atoms with E-state index in [0.717, 1.165) is 21.8 Å². The Morgan fingerprint density at radius 2 is 2.00 bits per heavy atom. The van der Waals surface area contributed by atoms with Gasteiger partial charge in [-0.15, -0.1) is 11.8 Å². The lowest BCUT2D eigenvalue weighted by atomic mass is 9.96. The molecule has 3 heterocycles. The molecular weight excluding hydrogens is 478 g/mol. The van der Waals surface area contributed by atoms with Crippen molar-refractivity contribution >= 4 is 41.0 Å². The van der Waals surface area contributed by atoms with Crippen LogP contribution in [0, 0.1) is 10.1 Å². The molecule has 1 aromatic carbocycles. The van der Waals surface area contributed by atoms with Crippen molar-refractivity contribution < 1.29 is 18.9 Å². The van der Waals surface area contributed by atoms with Crippen molar-refractivity contribution in [2.75, 3.05) is 6.26 Å². The summed E-state index contributed by atoms with van der Waals surface area (Å²) in [6.45, 7) is 5.23. The van der Waals surface area contributed by atoms with Gasteiger partial charge >= 0.3 is 11.9 Å². The predicted molar refractivity (Wildman–Crippen MR) is 129 cm³/mol. The molecule has 0 amide bonds. The Balaban J connectivity index is 1.91. The molecule has 0 N–H and O–H groups in total. The molecule has 4 rings (SSSR count). The molecule has 34 heavy (non-hydrogen) atoms. The third kappa shape index (κ3) is 4.48. The predicted octanol–water partition coefficient (Wildman–Crippen LogP) is 3.41. The number of thiazole rings is 1. The Labute approximate surface area is 202 Å². The lowest BCUT2D eigenvalue weighted by Crippen LogP contribution is -2.40. The summed E-state index contributed by atoms with van der Waals surface area (Å²) in [6, 6.07) is 9.54. The van der Waals surface area contributed by atoms with Crippen molar-refractivity contribution in [1.29, 1.82) is 0 Å². The summed E-state index contributed by atoms with van der Waals surface area (Å²) in [5, 5.41) is 10.9. The second-order valence-corrected chi connectivity index (χ2v) is 9.63. The molecule has 0 unspecified atom stereocenters. The number of carbonyl (C=O) groups excluding carboxylic acids is 1. The van der Waals surface area contributed by atoms with Crippen LogP contribution in [-0.4, -0.2) is 27.8 Å². The van der Waals surface area contributed by atoms with Crippen LogP contribution in [0.4, 0.5) is 5.88 Å². The number of rotatable bonds is 6. The quantitative estimate of drug-likeness (QED) is 0.221. The molecule has 11 heteroatoms. The zero-order chi connectivity index (χ0) is 24.6. The first-order valence-corrected chi connectivity index (χ1v) is 12.4. The Kier molecular flexibility index (Phi) is 6.58. The molecular formula is C23H21N3O6S2. The van der Waals surface area contributed by atoms with E-state index >= 15 is 0 Å². The number of nitrogens with zero attached hydrogens (tertiary/aromatic N) is 3. The Morgan fingerprint density at radius 3 is 2.59 bits per heavy atom. The van der Waals surface area contributed by atoms with Crippen LogP contribution in [0.15, 0.2) is 66.8 Å². The lowest BCUT2D eigenvalue weighted by Gasteiger charge is -2.25. The van der Waals surface area contributed by atoms with Gasteiger partial charge in [0.05, 0.1) is 34.0 Å². The second-order valence-electron chi connectivity index (χ2n) is 7.74. The van der Waals surface area contributed by atoms with Gasteiger partial charge in [0.1, 0.15) is 10.7 Å². The second kappa shape index (κ2) is 9.43. The van der Waals surface area contributed by atoms with E-state index in [2.05, 4.69) is 4.99 Å². The average molecular weight is 500 g/mol. The minimum atomic E-state index is -0.730. The number of carbonyl (C=O) groups is 1. The van der Waals surface area contributed by atoms with E-state index in [-0.39, 0.29) is 27.5 Å². The number of benzene rings is 1. The topological polar surface area (TPSA) is 117 Å². The molecule has 0 spiro atoms. The Bertz CT molecular complexity index is 1480. The number of thioether (sulfide) groups is 1. The number of allylic oxidation sites excluding steroid dienone is 1. The monoisotopic (exact) mass is 499 g/mol. The summed E-state index contributed by atoms with van der Waals surface area (Å²) in [5.74, 6) is -0.778. The maximum atomic E-state index is 13.5. The Morgan fingerprint density at radius 1 is 1.29 bits per heavy atom. The molecule has 0 bridgehead atoms. The molecule has 0 saturated heterocycles. The molecule has 0 fully saturated rings. The molecule has 2 aromatic heterocycles. The van der Waals surface area contributed by atoms with Crippen LogP contribution in [0.1, 0.15) is 38.1 Å². The van der Waals surface area contributed by atoms with Crippen molar-refractivity contribution in [3.8, 4) is 0 Å². The molecule has 0 saturated carbocycles. The van der Waals surface area contributed by atoms with Gasteiger partial charge in [-0.2, -0.15) is 0 Å². The molecule has 9 nitrogen and oxygen atoms in total. The van der Waals surface area contributed by atoms with Crippen LogP contribution in [0.25, 0.3) is 6.08 Å². The highest BCUT2D eigenvalue weighted by Crippen LogP contribution is 2.32. The number of aromatic nitrogens is 1. The zero-order valence-electron chi connectivity index (χ0n) is 18.8. The summed E-state index contributed by atoms with van der Waals surface area (Å²) < 4.78 is 12.4. The number of fused-ring (bicyclic) bond motifs is 1. The van der Waals surface area contributed by atoms with Gasteiger partial charge in [0.25, 0.3) is 5.56 Å². The van der Waals surface area contributed by atoms with Gasteiger partial charge in [-0.1, -0.05) is 23.5 Å². The van der Waals surface area contributed by atoms with Gasteiger partial charge in [0.15, 0.2) is 4.80 Å². The molecule has 0 radical (unpaired) electrons. The number of ether oxygens (including phenoxy) is 1. The first-order chi connectivity index (χ1) is 16.2. The maximum Gasteiger partial charge on any atom is 0.433 e. The largest absolute Gasteiger partial charge is 0.459 e. The van der Waals surface area contributed by atoms with Gasteiger partial charge in [-0.05, 0) is 50.8 Å². The van der Waals surface area contributed by atoms with Crippen molar-refractivity contribution in [3.63, 3.8) is 0 Å². The van der Waals surface area contributed by atoms with Crippen molar-refractivity contribution in [1.82, 2.24) is 4.57 Å². The Hall–Kier alpha value is -3.44. The van der Waals surface area contributed by atoms with Crippen LogP contribution in [0.2, 0.25) is 0 Å². The summed E-state index contributed by atoms with van der Waals surface area (Å²) in [7, 11) is 0. The highest BCUT2D eigenvalue weighted by molar-refractivity contribution is 7.98. The first kappa shape index (κ1) is 23.7. The average Bonchev–Trinajstić information content (AvgIpc) is 3.37. The van der Waals surface area contributed by atoms with E-state index < -0.39 is 22.8 Å². The normalized spacial score (nSPS) is 15.9. The van der Waals surface area contributed by atoms with E-state index in [4.69, 9.17) is 9.15 Å². The van der Waals surface area contributed by atoms with Gasteiger partial charge in [-0.3, -0.25) is 19.5 Å². The molecule has 1 aliphatic rings. The summed E-state index contributed by atoms with van der Waals surface area (Å²) in [4.78, 5) is 42.8. The molecule has 1 aliphatic heterocycles. The highest BCUT2D eigenvalue weighted by atomic mass is 32.2. The van der Waals surface area contributed by atoms with E-state index in [1.54, 1.807) is 32.5 Å². The van der Waals surface area contributed by atoms with Crippen molar-refractivity contribution in [2.24, 2.45) is 4.99 Å². The minimum absolute atomic E-state index is 0.174. The molecule has 3 aromatic rings. The summed E-state index contributed by atoms with van der Waals surface area (Å²) in [6.07, 6.45) is 3.06. The smallest absolute Gasteiger partial charge is 0.433 e. The van der Waals surface area contributed by atoms with E-state index in [9.17, 15) is 19.7 Å². The number of furan rings is 1. The van der Waals surface area contributed by atoms with Crippen LogP contribution in [0.3, 0.4) is 0 Å². The maximum absolute atomic E-state index is 13.5. The summed E-state index contributed by atoms with van der Waals surface area (Å²) >= 11 is 2.71. The minimum Gasteiger partial charge on any atom is -0.459 e. The molecule has 0 aliphatic carbocycles. The third-order valence-corrected chi connectivity index (χ3v) is 6.81. The molecule has 1 atom stereocenters. The zero-order valence-corrected chi connectivity index (χ0v) is 20.4. The SMILES string of the molecule is CSc1ccc([C@@H]2C(C(=O)OC(C)C)=C(C)N=c3s/c(=C\c4ccc([N+](=O)[O-])o4)c(=O)n32)cc1. The molecule has 176 valence electrons. The van der Waals surface area contributed by atoms with Gasteiger partial charge in [-0.25, -0.2) is 9.79 Å². The standard InChI is InChI=1S/C23H21N3O6S2/c1-12(2)31-22(28)19-13(3)24-23-25(20(19)14-5-8-16(33-4)9-6-14)21(27)17(34-23)11-15-7-10-18(32-15)26(29)30/h5-12,20H,1-4H3/b17-11-/t20-/m1/s1. The van der Waals surface area contributed by atoms with Gasteiger partial charge in [0, 0.05) is 11.0 Å².